The maximum absolute atomic E-state index is 6.12. The van der Waals surface area contributed by atoms with Crippen LogP contribution in [-0.4, -0.2) is 15.0 Å². The van der Waals surface area contributed by atoms with E-state index in [0.717, 1.165) is 11.3 Å². The fraction of sp³-hybridized carbons (Fsp3) is 0.200. The van der Waals surface area contributed by atoms with Crippen LogP contribution in [0.1, 0.15) is 17.3 Å². The van der Waals surface area contributed by atoms with Crippen LogP contribution in [0.15, 0.2) is 30.5 Å². The summed E-state index contributed by atoms with van der Waals surface area (Å²) in [7, 11) is 1.81. The van der Waals surface area contributed by atoms with Crippen LogP contribution in [0.5, 0.6) is 0 Å². The van der Waals surface area contributed by atoms with E-state index in [-0.39, 0.29) is 6.04 Å². The Morgan fingerprint density at radius 3 is 2.75 bits per heavy atom. The zero-order valence-electron chi connectivity index (χ0n) is 8.76. The van der Waals surface area contributed by atoms with Crippen molar-refractivity contribution in [3.8, 4) is 0 Å². The van der Waals surface area contributed by atoms with Crippen LogP contribution in [-0.2, 0) is 7.05 Å². The zero-order chi connectivity index (χ0) is 11.5. The second-order valence-electron chi connectivity index (χ2n) is 3.40. The molecule has 0 aliphatic rings. The molecule has 1 aromatic carbocycles. The third-order valence-corrected chi connectivity index (χ3v) is 2.77. The Morgan fingerprint density at radius 2 is 2.19 bits per heavy atom. The molecule has 0 bridgehead atoms. The van der Waals surface area contributed by atoms with Crippen molar-refractivity contribution in [2.75, 3.05) is 0 Å². The lowest BCUT2D eigenvalue weighted by molar-refractivity contribution is 0.570. The third-order valence-electron chi connectivity index (χ3n) is 2.43. The SMILES string of the molecule is Cn1nncc1C(NN)c1ccccc1Cl. The summed E-state index contributed by atoms with van der Waals surface area (Å²) in [5, 5.41) is 8.35. The molecule has 1 aromatic heterocycles. The molecule has 3 N–H and O–H groups in total. The molecule has 6 heteroatoms. The van der Waals surface area contributed by atoms with Gasteiger partial charge in [-0.15, -0.1) is 5.10 Å². The number of hydrazine groups is 1. The minimum absolute atomic E-state index is 0.214. The van der Waals surface area contributed by atoms with E-state index in [2.05, 4.69) is 15.7 Å². The lowest BCUT2D eigenvalue weighted by Gasteiger charge is -2.17. The highest BCUT2D eigenvalue weighted by Gasteiger charge is 2.18. The molecular formula is C10H12ClN5. The highest BCUT2D eigenvalue weighted by atomic mass is 35.5. The first-order valence-electron chi connectivity index (χ1n) is 4.79. The predicted octanol–water partition coefficient (Wildman–Crippen LogP) is 1.02. The van der Waals surface area contributed by atoms with Gasteiger partial charge < -0.3 is 0 Å². The predicted molar refractivity (Wildman–Crippen MR) is 61.6 cm³/mol. The van der Waals surface area contributed by atoms with Gasteiger partial charge >= 0.3 is 0 Å². The number of rotatable bonds is 3. The Bertz CT molecular complexity index is 482. The van der Waals surface area contributed by atoms with Crippen molar-refractivity contribution in [2.45, 2.75) is 6.04 Å². The molecule has 0 saturated carbocycles. The van der Waals surface area contributed by atoms with Gasteiger partial charge in [-0.25, -0.2) is 5.43 Å². The smallest absolute Gasteiger partial charge is 0.0908 e. The second kappa shape index (κ2) is 4.61. The van der Waals surface area contributed by atoms with Gasteiger partial charge in [-0.2, -0.15) is 0 Å². The van der Waals surface area contributed by atoms with Gasteiger partial charge in [-0.3, -0.25) is 10.5 Å². The van der Waals surface area contributed by atoms with Gasteiger partial charge in [-0.05, 0) is 11.6 Å². The summed E-state index contributed by atoms with van der Waals surface area (Å²) >= 11 is 6.12. The Labute approximate surface area is 98.2 Å². The van der Waals surface area contributed by atoms with Crippen molar-refractivity contribution in [1.82, 2.24) is 20.4 Å². The van der Waals surface area contributed by atoms with Crippen LogP contribution in [0, 0.1) is 0 Å². The quantitative estimate of drug-likeness (QED) is 0.618. The highest BCUT2D eigenvalue weighted by molar-refractivity contribution is 6.31. The minimum atomic E-state index is -0.214. The molecule has 16 heavy (non-hydrogen) atoms. The first kappa shape index (κ1) is 11.1. The Balaban J connectivity index is 2.45. The molecule has 0 amide bonds. The number of hydrogen-bond donors (Lipinski definition) is 2. The number of aromatic nitrogens is 3. The summed E-state index contributed by atoms with van der Waals surface area (Å²) in [5.41, 5.74) is 4.47. The van der Waals surface area contributed by atoms with Gasteiger partial charge in [0.1, 0.15) is 0 Å². The molecule has 0 radical (unpaired) electrons. The van der Waals surface area contributed by atoms with E-state index in [4.69, 9.17) is 17.4 Å². The summed E-state index contributed by atoms with van der Waals surface area (Å²) in [5.74, 6) is 5.56. The molecule has 0 aliphatic carbocycles. The number of nitrogens with zero attached hydrogens (tertiary/aromatic N) is 3. The Kier molecular flexibility index (Phi) is 3.19. The number of halogens is 1. The van der Waals surface area contributed by atoms with Crippen LogP contribution >= 0.6 is 11.6 Å². The lowest BCUT2D eigenvalue weighted by Crippen LogP contribution is -2.30. The van der Waals surface area contributed by atoms with E-state index >= 15 is 0 Å². The van der Waals surface area contributed by atoms with Gasteiger partial charge in [0.25, 0.3) is 0 Å². The zero-order valence-corrected chi connectivity index (χ0v) is 9.52. The molecule has 2 rings (SSSR count). The number of benzene rings is 1. The summed E-state index contributed by atoms with van der Waals surface area (Å²) in [4.78, 5) is 0. The fourth-order valence-corrected chi connectivity index (χ4v) is 1.85. The van der Waals surface area contributed by atoms with E-state index < -0.39 is 0 Å². The first-order valence-corrected chi connectivity index (χ1v) is 5.17. The van der Waals surface area contributed by atoms with E-state index in [0.29, 0.717) is 5.02 Å². The van der Waals surface area contributed by atoms with Crippen LogP contribution in [0.4, 0.5) is 0 Å². The van der Waals surface area contributed by atoms with Crippen molar-refractivity contribution in [3.05, 3.63) is 46.7 Å². The highest BCUT2D eigenvalue weighted by Crippen LogP contribution is 2.26. The largest absolute Gasteiger partial charge is 0.271 e. The molecular weight excluding hydrogens is 226 g/mol. The molecule has 84 valence electrons. The molecule has 1 atom stereocenters. The summed E-state index contributed by atoms with van der Waals surface area (Å²) in [6, 6.07) is 7.31. The van der Waals surface area contributed by atoms with Gasteiger partial charge in [0.15, 0.2) is 0 Å². The fourth-order valence-electron chi connectivity index (χ4n) is 1.60. The van der Waals surface area contributed by atoms with Crippen molar-refractivity contribution in [3.63, 3.8) is 0 Å². The third kappa shape index (κ3) is 1.92. The molecule has 1 unspecified atom stereocenters. The lowest BCUT2D eigenvalue weighted by atomic mass is 10.0. The average molecular weight is 238 g/mol. The van der Waals surface area contributed by atoms with Crippen LogP contribution in [0.2, 0.25) is 5.02 Å². The number of nitrogens with two attached hydrogens (primary N) is 1. The molecule has 1 heterocycles. The van der Waals surface area contributed by atoms with E-state index in [1.807, 2.05) is 31.3 Å². The van der Waals surface area contributed by atoms with Crippen molar-refractivity contribution >= 4 is 11.6 Å². The number of aryl methyl sites for hydroxylation is 1. The minimum Gasteiger partial charge on any atom is -0.271 e. The Hall–Kier alpha value is -1.43. The van der Waals surface area contributed by atoms with E-state index in [9.17, 15) is 0 Å². The topological polar surface area (TPSA) is 68.8 Å². The average Bonchev–Trinajstić information content (AvgIpc) is 2.69. The molecule has 2 aromatic rings. The van der Waals surface area contributed by atoms with E-state index in [1.165, 1.54) is 0 Å². The molecule has 0 saturated heterocycles. The van der Waals surface area contributed by atoms with Crippen LogP contribution in [0.3, 0.4) is 0 Å². The van der Waals surface area contributed by atoms with Gasteiger partial charge in [-0.1, -0.05) is 35.0 Å². The van der Waals surface area contributed by atoms with Gasteiger partial charge in [0.05, 0.1) is 17.9 Å². The van der Waals surface area contributed by atoms with Gasteiger partial charge in [0, 0.05) is 12.1 Å². The summed E-state index contributed by atoms with van der Waals surface area (Å²) < 4.78 is 1.66. The molecule has 0 fully saturated rings. The number of nitrogens with one attached hydrogen (secondary N) is 1. The first-order chi connectivity index (χ1) is 7.74. The maximum atomic E-state index is 6.12. The van der Waals surface area contributed by atoms with Crippen molar-refractivity contribution < 1.29 is 0 Å². The van der Waals surface area contributed by atoms with Crippen molar-refractivity contribution in [2.24, 2.45) is 12.9 Å². The standard InChI is InChI=1S/C10H12ClN5/c1-16-9(6-13-15-16)10(14-12)7-4-2-3-5-8(7)11/h2-6,10,14H,12H2,1H3. The van der Waals surface area contributed by atoms with Crippen molar-refractivity contribution in [1.29, 1.82) is 0 Å². The molecule has 5 nitrogen and oxygen atoms in total. The van der Waals surface area contributed by atoms with E-state index in [1.54, 1.807) is 10.9 Å². The second-order valence-corrected chi connectivity index (χ2v) is 3.81. The summed E-state index contributed by atoms with van der Waals surface area (Å²) in [6.45, 7) is 0. The molecule has 0 aliphatic heterocycles. The monoisotopic (exact) mass is 237 g/mol. The normalized spacial score (nSPS) is 12.7. The van der Waals surface area contributed by atoms with Gasteiger partial charge in [0.2, 0.25) is 0 Å². The molecule has 0 spiro atoms. The summed E-state index contributed by atoms with van der Waals surface area (Å²) in [6.07, 6.45) is 1.66. The van der Waals surface area contributed by atoms with Crippen LogP contribution in [0.25, 0.3) is 0 Å². The number of hydrogen-bond acceptors (Lipinski definition) is 4. The Morgan fingerprint density at radius 1 is 1.44 bits per heavy atom. The maximum Gasteiger partial charge on any atom is 0.0908 e. The van der Waals surface area contributed by atoms with Crippen LogP contribution < -0.4 is 11.3 Å².